The lowest BCUT2D eigenvalue weighted by Crippen LogP contribution is -2.14. The summed E-state index contributed by atoms with van der Waals surface area (Å²) in [6.07, 6.45) is 3.00. The van der Waals surface area contributed by atoms with Crippen molar-refractivity contribution in [1.82, 2.24) is 0 Å². The van der Waals surface area contributed by atoms with Gasteiger partial charge in [-0.15, -0.1) is 0 Å². The predicted molar refractivity (Wildman–Crippen MR) is 90.3 cm³/mol. The van der Waals surface area contributed by atoms with Crippen molar-refractivity contribution in [2.75, 3.05) is 11.5 Å². The van der Waals surface area contributed by atoms with Crippen LogP contribution in [-0.2, 0) is 20.2 Å². The Bertz CT molecular complexity index is 1010. The molecule has 2 aromatic carbocycles. The molecule has 0 amide bonds. The SMILES string of the molecule is Nc1c(/C=C/c2ccccc2)cc(S(=O)(=O)O)c(S(=O)(=O)O)c1N. The van der Waals surface area contributed by atoms with E-state index in [-0.39, 0.29) is 11.3 Å². The van der Waals surface area contributed by atoms with Crippen LogP contribution in [0.15, 0.2) is 46.2 Å². The van der Waals surface area contributed by atoms with E-state index < -0.39 is 35.7 Å². The quantitative estimate of drug-likeness (QED) is 0.358. The summed E-state index contributed by atoms with van der Waals surface area (Å²) in [5.74, 6) is 0. The van der Waals surface area contributed by atoms with E-state index in [0.29, 0.717) is 0 Å². The molecule has 0 unspecified atom stereocenters. The van der Waals surface area contributed by atoms with Crippen LogP contribution in [0.3, 0.4) is 0 Å². The third kappa shape index (κ3) is 3.74. The van der Waals surface area contributed by atoms with Gasteiger partial charge in [0, 0.05) is 5.56 Å². The Labute approximate surface area is 138 Å². The normalized spacial score (nSPS) is 12.6. The third-order valence-electron chi connectivity index (χ3n) is 3.15. The highest BCUT2D eigenvalue weighted by Gasteiger charge is 2.29. The first-order valence-electron chi connectivity index (χ1n) is 6.42. The fraction of sp³-hybridized carbons (Fsp3) is 0. The van der Waals surface area contributed by atoms with Gasteiger partial charge < -0.3 is 11.5 Å². The summed E-state index contributed by atoms with van der Waals surface area (Å²) in [6, 6.07) is 9.73. The van der Waals surface area contributed by atoms with Crippen LogP contribution in [0.2, 0.25) is 0 Å². The van der Waals surface area contributed by atoms with E-state index in [1.165, 1.54) is 6.08 Å². The van der Waals surface area contributed by atoms with Gasteiger partial charge in [0.25, 0.3) is 20.2 Å². The zero-order valence-corrected chi connectivity index (χ0v) is 13.8. The Morgan fingerprint density at radius 3 is 1.92 bits per heavy atom. The number of rotatable bonds is 4. The molecule has 0 saturated carbocycles. The first-order valence-corrected chi connectivity index (χ1v) is 9.30. The Morgan fingerprint density at radius 2 is 1.42 bits per heavy atom. The largest absolute Gasteiger partial charge is 0.397 e. The van der Waals surface area contributed by atoms with E-state index in [1.807, 2.05) is 0 Å². The van der Waals surface area contributed by atoms with Gasteiger partial charge in [0.15, 0.2) is 0 Å². The zero-order valence-electron chi connectivity index (χ0n) is 12.1. The van der Waals surface area contributed by atoms with Crippen molar-refractivity contribution in [1.29, 1.82) is 0 Å². The van der Waals surface area contributed by atoms with Gasteiger partial charge in [-0.1, -0.05) is 42.5 Å². The smallest absolute Gasteiger partial charge is 0.298 e. The molecular weight excluding hydrogens is 356 g/mol. The minimum Gasteiger partial charge on any atom is -0.397 e. The lowest BCUT2D eigenvalue weighted by molar-refractivity contribution is 0.467. The lowest BCUT2D eigenvalue weighted by Gasteiger charge is -2.13. The molecule has 0 aliphatic carbocycles. The molecule has 2 rings (SSSR count). The van der Waals surface area contributed by atoms with Crippen LogP contribution < -0.4 is 11.5 Å². The van der Waals surface area contributed by atoms with Crippen molar-refractivity contribution in [3.8, 4) is 0 Å². The maximum Gasteiger partial charge on any atom is 0.298 e. The summed E-state index contributed by atoms with van der Waals surface area (Å²) >= 11 is 0. The topological polar surface area (TPSA) is 161 Å². The predicted octanol–water partition coefficient (Wildman–Crippen LogP) is 1.51. The molecule has 8 nitrogen and oxygen atoms in total. The van der Waals surface area contributed by atoms with Crippen LogP contribution in [-0.4, -0.2) is 25.9 Å². The second-order valence-electron chi connectivity index (χ2n) is 4.81. The molecule has 0 atom stereocenters. The fourth-order valence-corrected chi connectivity index (χ4v) is 3.99. The van der Waals surface area contributed by atoms with E-state index in [9.17, 15) is 25.9 Å². The molecule has 128 valence electrons. The second-order valence-corrected chi connectivity index (χ2v) is 7.56. The molecular formula is C14H14N2O6S2. The summed E-state index contributed by atoms with van der Waals surface area (Å²) in [5, 5.41) is 0. The van der Waals surface area contributed by atoms with Crippen molar-refractivity contribution < 1.29 is 25.9 Å². The number of benzene rings is 2. The summed E-state index contributed by atoms with van der Waals surface area (Å²) in [4.78, 5) is -2.20. The Kier molecular flexibility index (Phi) is 4.67. The van der Waals surface area contributed by atoms with Crippen molar-refractivity contribution in [3.05, 3.63) is 47.5 Å². The molecule has 0 spiro atoms. The summed E-state index contributed by atoms with van der Waals surface area (Å²) in [7, 11) is -9.99. The van der Waals surface area contributed by atoms with Gasteiger partial charge in [-0.05, 0) is 11.6 Å². The minimum absolute atomic E-state index is 0.0661. The van der Waals surface area contributed by atoms with Gasteiger partial charge >= 0.3 is 0 Å². The maximum absolute atomic E-state index is 11.4. The average Bonchev–Trinajstić information content (AvgIpc) is 2.47. The van der Waals surface area contributed by atoms with Gasteiger partial charge in [0.2, 0.25) is 0 Å². The van der Waals surface area contributed by atoms with Gasteiger partial charge in [0.1, 0.15) is 9.79 Å². The average molecular weight is 370 g/mol. The van der Waals surface area contributed by atoms with Gasteiger partial charge in [-0.25, -0.2) is 0 Å². The standard InChI is InChI=1S/C14H14N2O6S2/c15-12-10(7-6-9-4-2-1-3-5-9)8-11(23(17,18)19)14(13(12)16)24(20,21)22/h1-8H,15-16H2,(H,17,18,19)(H,20,21,22)/b7-6+. The van der Waals surface area contributed by atoms with Crippen molar-refractivity contribution in [2.45, 2.75) is 9.79 Å². The summed E-state index contributed by atoms with van der Waals surface area (Å²) < 4.78 is 64.1. The summed E-state index contributed by atoms with van der Waals surface area (Å²) in [5.41, 5.74) is 11.2. The highest BCUT2D eigenvalue weighted by Crippen LogP contribution is 2.35. The van der Waals surface area contributed by atoms with Crippen LogP contribution in [0.25, 0.3) is 12.2 Å². The van der Waals surface area contributed by atoms with Crippen molar-refractivity contribution >= 4 is 43.8 Å². The maximum atomic E-state index is 11.4. The molecule has 0 bridgehead atoms. The summed E-state index contributed by atoms with van der Waals surface area (Å²) in [6.45, 7) is 0. The molecule has 6 N–H and O–H groups in total. The van der Waals surface area contributed by atoms with Gasteiger partial charge in [0.05, 0.1) is 11.4 Å². The van der Waals surface area contributed by atoms with E-state index in [0.717, 1.165) is 11.6 Å². The van der Waals surface area contributed by atoms with Crippen LogP contribution in [0.1, 0.15) is 11.1 Å². The highest BCUT2D eigenvalue weighted by atomic mass is 32.2. The number of nitrogen functional groups attached to an aromatic ring is 2. The molecule has 0 aromatic heterocycles. The molecule has 0 aliphatic heterocycles. The Hall–Kier alpha value is -2.40. The van der Waals surface area contributed by atoms with E-state index in [4.69, 9.17) is 11.5 Å². The molecule has 0 aliphatic rings. The first-order chi connectivity index (χ1) is 11.0. The van der Waals surface area contributed by atoms with Crippen LogP contribution in [0.5, 0.6) is 0 Å². The van der Waals surface area contributed by atoms with Gasteiger partial charge in [-0.3, -0.25) is 9.11 Å². The molecule has 0 radical (unpaired) electrons. The molecule has 2 aromatic rings. The molecule has 24 heavy (non-hydrogen) atoms. The van der Waals surface area contributed by atoms with Crippen molar-refractivity contribution in [2.24, 2.45) is 0 Å². The minimum atomic E-state index is -5.02. The van der Waals surface area contributed by atoms with Gasteiger partial charge in [-0.2, -0.15) is 16.8 Å². The number of anilines is 2. The highest BCUT2D eigenvalue weighted by molar-refractivity contribution is 7.89. The molecule has 0 heterocycles. The Morgan fingerprint density at radius 1 is 0.833 bits per heavy atom. The lowest BCUT2D eigenvalue weighted by atomic mass is 10.1. The van der Waals surface area contributed by atoms with Crippen LogP contribution in [0, 0.1) is 0 Å². The van der Waals surface area contributed by atoms with Crippen molar-refractivity contribution in [3.63, 3.8) is 0 Å². The van der Waals surface area contributed by atoms with Crippen LogP contribution >= 0.6 is 0 Å². The number of hydrogen-bond donors (Lipinski definition) is 4. The van der Waals surface area contributed by atoms with Crippen LogP contribution in [0.4, 0.5) is 11.4 Å². The second kappa shape index (κ2) is 6.24. The molecule has 0 fully saturated rings. The Balaban J connectivity index is 2.73. The number of hydrogen-bond acceptors (Lipinski definition) is 6. The molecule has 10 heteroatoms. The first kappa shape index (κ1) is 17.9. The fourth-order valence-electron chi connectivity index (χ4n) is 2.04. The number of nitrogens with two attached hydrogens (primary N) is 2. The van der Waals surface area contributed by atoms with E-state index in [2.05, 4.69) is 0 Å². The van der Waals surface area contributed by atoms with E-state index >= 15 is 0 Å². The third-order valence-corrected chi connectivity index (χ3v) is 5.11. The zero-order chi connectivity index (χ0) is 18.1. The monoisotopic (exact) mass is 370 g/mol. The molecule has 0 saturated heterocycles. The van der Waals surface area contributed by atoms with E-state index in [1.54, 1.807) is 36.4 Å².